The minimum atomic E-state index is -1.12. The third-order valence-electron chi connectivity index (χ3n) is 7.82. The molecular weight excluding hydrogens is 494 g/mol. The van der Waals surface area contributed by atoms with Crippen LogP contribution in [0.5, 0.6) is 0 Å². The Morgan fingerprint density at radius 2 is 1.50 bits per heavy atom. The lowest BCUT2D eigenvalue weighted by molar-refractivity contribution is -0.133. The van der Waals surface area contributed by atoms with Gasteiger partial charge in [0.25, 0.3) is 0 Å². The van der Waals surface area contributed by atoms with Crippen molar-refractivity contribution in [3.8, 4) is 0 Å². The number of rotatable bonds is 7. The van der Waals surface area contributed by atoms with Crippen LogP contribution in [0.25, 0.3) is 0 Å². The van der Waals surface area contributed by atoms with Gasteiger partial charge in [-0.15, -0.1) is 0 Å². The van der Waals surface area contributed by atoms with E-state index in [9.17, 15) is 14.4 Å². The first-order valence-electron chi connectivity index (χ1n) is 12.0. The molecule has 0 spiro atoms. The van der Waals surface area contributed by atoms with Crippen LogP contribution < -0.4 is 5.32 Å². The van der Waals surface area contributed by atoms with Gasteiger partial charge in [-0.1, -0.05) is 0 Å². The molecule has 7 nitrogen and oxygen atoms in total. The molecule has 0 radical (unpaired) electrons. The fraction of sp³-hybridized carbons (Fsp3) is 0.870. The highest BCUT2D eigenvalue weighted by atomic mass is 79.9. The minimum Gasteiger partial charge on any atom is -0.449 e. The third kappa shape index (κ3) is 6.13. The number of ether oxygens (including phenoxy) is 1. The zero-order valence-electron chi connectivity index (χ0n) is 19.4. The van der Waals surface area contributed by atoms with Crippen molar-refractivity contribution in [3.05, 3.63) is 0 Å². The van der Waals surface area contributed by atoms with E-state index >= 15 is 0 Å². The van der Waals surface area contributed by atoms with Crippen molar-refractivity contribution in [2.24, 2.45) is 23.2 Å². The van der Waals surface area contributed by atoms with Gasteiger partial charge in [-0.25, -0.2) is 4.79 Å². The molecule has 3 amide bonds. The molecule has 32 heavy (non-hydrogen) atoms. The summed E-state index contributed by atoms with van der Waals surface area (Å²) in [4.78, 5) is 40.3. The number of nitrogens with one attached hydrogen (secondary N) is 1. The van der Waals surface area contributed by atoms with Crippen molar-refractivity contribution in [1.82, 2.24) is 15.1 Å². The summed E-state index contributed by atoms with van der Waals surface area (Å²) in [6.07, 6.45) is 13.0. The largest absolute Gasteiger partial charge is 0.449 e. The van der Waals surface area contributed by atoms with Gasteiger partial charge >= 0.3 is 6.09 Å². The molecule has 1 heterocycles. The van der Waals surface area contributed by atoms with Crippen LogP contribution >= 0.6 is 23.3 Å². The van der Waals surface area contributed by atoms with Gasteiger partial charge in [-0.2, -0.15) is 8.46 Å². The maximum absolute atomic E-state index is 12.5. The van der Waals surface area contributed by atoms with Gasteiger partial charge in [-0.05, 0) is 95.4 Å². The molecule has 182 valence electrons. The summed E-state index contributed by atoms with van der Waals surface area (Å²) < 4.78 is 5.67. The van der Waals surface area contributed by atoms with Crippen LogP contribution in [0, 0.1) is 23.2 Å². The second-order valence-electron chi connectivity index (χ2n) is 11.0. The second-order valence-corrected chi connectivity index (χ2v) is 19.3. The molecule has 1 aliphatic heterocycles. The summed E-state index contributed by atoms with van der Waals surface area (Å²) in [5.41, 5.74) is 0.427. The number of carbonyl (C=O) groups is 3. The number of amides is 3. The average Bonchev–Trinajstić information content (AvgIpc) is 2.69. The first-order chi connectivity index (χ1) is 15.1. The van der Waals surface area contributed by atoms with E-state index in [-0.39, 0.29) is 24.5 Å². The molecule has 4 saturated carbocycles. The molecule has 0 atom stereocenters. The first-order valence-corrected chi connectivity index (χ1v) is 16.4. The molecule has 5 rings (SSSR count). The molecule has 1 N–H and O–H groups in total. The Labute approximate surface area is 200 Å². The molecule has 5 aliphatic rings. The van der Waals surface area contributed by atoms with E-state index in [0.29, 0.717) is 44.0 Å². The smallest absolute Gasteiger partial charge is 0.409 e. The predicted molar refractivity (Wildman–Crippen MR) is 131 cm³/mol. The molecule has 0 aromatic rings. The second kappa shape index (κ2) is 9.72. The Hall–Kier alpha value is -0.960. The molecule has 1 saturated heterocycles. The third-order valence-corrected chi connectivity index (χ3v) is 9.46. The van der Waals surface area contributed by atoms with Gasteiger partial charge in [0.05, 0.1) is 18.9 Å². The number of halogens is 1. The SMILES string of the molecule is CS(C)(Br)CC(=O)NCC(=O)N1CCN(C(=O)OCCC23CC4CC(CC(C4)C2)C3)CC1. The highest BCUT2D eigenvalue weighted by molar-refractivity contribution is 9.58. The summed E-state index contributed by atoms with van der Waals surface area (Å²) in [7, 11) is -1.12. The monoisotopic (exact) mass is 531 g/mol. The molecule has 0 aromatic carbocycles. The van der Waals surface area contributed by atoms with E-state index in [1.54, 1.807) is 9.80 Å². The van der Waals surface area contributed by atoms with Crippen molar-refractivity contribution in [1.29, 1.82) is 0 Å². The first kappa shape index (κ1) is 24.2. The maximum Gasteiger partial charge on any atom is 0.409 e. The Bertz CT molecular complexity index is 698. The van der Waals surface area contributed by atoms with Gasteiger partial charge in [0, 0.05) is 26.2 Å². The lowest BCUT2D eigenvalue weighted by Gasteiger charge is -2.57. The van der Waals surface area contributed by atoms with Crippen molar-refractivity contribution in [2.45, 2.75) is 44.9 Å². The van der Waals surface area contributed by atoms with Crippen LogP contribution in [0.15, 0.2) is 0 Å². The fourth-order valence-electron chi connectivity index (χ4n) is 6.83. The summed E-state index contributed by atoms with van der Waals surface area (Å²) >= 11 is 3.52. The van der Waals surface area contributed by atoms with Crippen LogP contribution in [0.1, 0.15) is 44.9 Å². The molecule has 4 bridgehead atoms. The number of carbonyl (C=O) groups excluding carboxylic acids is 3. The van der Waals surface area contributed by atoms with E-state index in [0.717, 1.165) is 24.2 Å². The molecule has 0 unspecified atom stereocenters. The summed E-state index contributed by atoms with van der Waals surface area (Å²) in [5, 5.41) is 2.71. The highest BCUT2D eigenvalue weighted by Crippen LogP contribution is 2.61. The summed E-state index contributed by atoms with van der Waals surface area (Å²) in [5.74, 6) is 2.93. The van der Waals surface area contributed by atoms with Gasteiger partial charge in [-0.3, -0.25) is 9.59 Å². The summed E-state index contributed by atoms with van der Waals surface area (Å²) in [6.45, 7) is 2.45. The Morgan fingerprint density at radius 3 is 2.03 bits per heavy atom. The molecular formula is C23H38BrN3O4S. The Balaban J connectivity index is 1.14. The predicted octanol–water partition coefficient (Wildman–Crippen LogP) is 3.36. The number of hydrogen-bond donors (Lipinski definition) is 1. The van der Waals surface area contributed by atoms with Gasteiger partial charge in [0.2, 0.25) is 11.8 Å². The van der Waals surface area contributed by atoms with Crippen LogP contribution in [-0.4, -0.2) is 85.3 Å². The van der Waals surface area contributed by atoms with Gasteiger partial charge < -0.3 is 19.9 Å². The Morgan fingerprint density at radius 1 is 0.969 bits per heavy atom. The van der Waals surface area contributed by atoms with Crippen molar-refractivity contribution < 1.29 is 19.1 Å². The van der Waals surface area contributed by atoms with Gasteiger partial charge in [0.1, 0.15) is 0 Å². The van der Waals surface area contributed by atoms with E-state index in [2.05, 4.69) is 20.1 Å². The zero-order valence-corrected chi connectivity index (χ0v) is 21.8. The van der Waals surface area contributed by atoms with Crippen molar-refractivity contribution in [3.63, 3.8) is 0 Å². The number of piperazine rings is 1. The quantitative estimate of drug-likeness (QED) is 0.546. The molecule has 5 fully saturated rings. The van der Waals surface area contributed by atoms with Gasteiger partial charge in [0.15, 0.2) is 0 Å². The van der Waals surface area contributed by atoms with Crippen LogP contribution in [0.3, 0.4) is 0 Å². The number of hydrogen-bond acceptors (Lipinski definition) is 4. The molecule has 0 aromatic heterocycles. The van der Waals surface area contributed by atoms with Crippen LogP contribution in [0.2, 0.25) is 0 Å². The lowest BCUT2D eigenvalue weighted by atomic mass is 9.49. The highest BCUT2D eigenvalue weighted by Gasteiger charge is 2.50. The standard InChI is InChI=1S/C23H38BrN3O4S/c1-32(2,24)16-20(28)25-15-21(29)26-4-6-27(7-5-26)22(30)31-8-3-23-12-17-9-18(13-23)11-19(10-17)14-23/h17-19H,3-16H2,1-2H3,(H,25,28). The molecule has 4 aliphatic carbocycles. The normalized spacial score (nSPS) is 32.0. The summed E-state index contributed by atoms with van der Waals surface area (Å²) in [6, 6.07) is 0. The van der Waals surface area contributed by atoms with E-state index in [1.807, 2.05) is 12.5 Å². The van der Waals surface area contributed by atoms with E-state index in [4.69, 9.17) is 4.74 Å². The minimum absolute atomic E-state index is 0.0108. The van der Waals surface area contributed by atoms with Crippen LogP contribution in [-0.2, 0) is 14.3 Å². The van der Waals surface area contributed by atoms with E-state index in [1.165, 1.54) is 38.5 Å². The Kier molecular flexibility index (Phi) is 7.35. The van der Waals surface area contributed by atoms with E-state index < -0.39 is 8.46 Å². The van der Waals surface area contributed by atoms with Crippen LogP contribution in [0.4, 0.5) is 4.79 Å². The van der Waals surface area contributed by atoms with Crippen molar-refractivity contribution in [2.75, 3.05) is 57.6 Å². The zero-order chi connectivity index (χ0) is 22.9. The molecule has 9 heteroatoms. The topological polar surface area (TPSA) is 79.0 Å². The lowest BCUT2D eigenvalue weighted by Crippen LogP contribution is -2.53. The average molecular weight is 533 g/mol. The fourth-order valence-corrected chi connectivity index (χ4v) is 8.18. The maximum atomic E-state index is 12.5. The number of nitrogens with zero attached hydrogens (tertiary/aromatic N) is 2. The van der Waals surface area contributed by atoms with Crippen molar-refractivity contribution >= 4 is 41.2 Å².